The fourth-order valence-corrected chi connectivity index (χ4v) is 0. The van der Waals surface area contributed by atoms with Crippen molar-refractivity contribution in [1.82, 2.24) is 0 Å². The zero-order chi connectivity index (χ0) is 3.58. The molecule has 0 aliphatic heterocycles. The summed E-state index contributed by atoms with van der Waals surface area (Å²) in [6.07, 6.45) is 0. The standard InChI is InChI=1S/4ClH.H2O.2O.V/h4*1H;1H2;;;/q;;;;;;;+1/p-1. The first kappa shape index (κ1) is 34.6. The third-order valence-corrected chi connectivity index (χ3v) is 0. The van der Waals surface area contributed by atoms with Crippen LogP contribution in [0.5, 0.6) is 0 Å². The van der Waals surface area contributed by atoms with Gasteiger partial charge in [0.2, 0.25) is 0 Å². The Morgan fingerprint density at radius 3 is 0.875 bits per heavy atom. The molecular formula is H5Cl4O3V. The fourth-order valence-electron chi connectivity index (χ4n) is 0. The Bertz CT molecular complexity index is 59.7. The van der Waals surface area contributed by atoms with Gasteiger partial charge in [0, 0.05) is 0 Å². The Balaban J connectivity index is -0.00000000750. The molecule has 0 aliphatic rings. The fraction of sp³-hybridized carbons (Fsp3) is 0. The molecule has 0 amide bonds. The molecule has 0 radical (unpaired) electrons. The van der Waals surface area contributed by atoms with Crippen molar-refractivity contribution in [2.45, 2.75) is 0 Å². The summed E-state index contributed by atoms with van der Waals surface area (Å²) in [7, 11) is 0. The van der Waals surface area contributed by atoms with E-state index in [9.17, 15) is 0 Å². The Labute approximate surface area is 76.2 Å². The molecule has 0 aromatic heterocycles. The van der Waals surface area contributed by atoms with Crippen LogP contribution in [0.1, 0.15) is 0 Å². The van der Waals surface area contributed by atoms with Crippen LogP contribution in [-0.2, 0) is 22.7 Å². The molecule has 8 heavy (non-hydrogen) atoms. The molecule has 0 aliphatic carbocycles. The van der Waals surface area contributed by atoms with Gasteiger partial charge in [0.1, 0.15) is 0 Å². The molecule has 56 valence electrons. The van der Waals surface area contributed by atoms with Crippen molar-refractivity contribution in [1.29, 1.82) is 0 Å². The van der Waals surface area contributed by atoms with E-state index < -0.39 is 15.4 Å². The molecule has 0 fully saturated rings. The van der Waals surface area contributed by atoms with Gasteiger partial charge in [-0.05, 0) is 0 Å². The molecule has 0 aromatic carbocycles. The van der Waals surface area contributed by atoms with Crippen molar-refractivity contribution in [2.75, 3.05) is 0 Å². The number of rotatable bonds is 0. The Morgan fingerprint density at radius 1 is 0.875 bits per heavy atom. The topological polar surface area (TPSA) is 54.4 Å². The van der Waals surface area contributed by atoms with Crippen LogP contribution in [0.2, 0.25) is 0 Å². The number of hydrogen-bond acceptors (Lipinski definition) is 2. The third kappa shape index (κ3) is 171. The molecule has 0 spiro atoms. The molecule has 0 bridgehead atoms. The van der Waals surface area contributed by atoms with Crippen molar-refractivity contribution in [2.24, 2.45) is 0 Å². The summed E-state index contributed by atoms with van der Waals surface area (Å²) >= 11 is -3.69. The molecule has 0 atom stereocenters. The van der Waals surface area contributed by atoms with Crippen LogP contribution >= 0.6 is 49.6 Å². The monoisotopic (exact) mass is 244 g/mol. The molecule has 0 saturated heterocycles. The van der Waals surface area contributed by atoms with E-state index in [2.05, 4.69) is 0 Å². The summed E-state index contributed by atoms with van der Waals surface area (Å²) in [6, 6.07) is 0. The van der Waals surface area contributed by atoms with Crippen molar-refractivity contribution < 1.29 is 26.8 Å². The van der Waals surface area contributed by atoms with Crippen molar-refractivity contribution in [3.63, 3.8) is 0 Å². The second-order valence-corrected chi connectivity index (χ2v) is 0.981. The Morgan fingerprint density at radius 2 is 0.875 bits per heavy atom. The molecule has 1 N–H and O–H groups in total. The van der Waals surface area contributed by atoms with Crippen molar-refractivity contribution in [3.8, 4) is 0 Å². The normalized spacial score (nSPS) is 3.12. The van der Waals surface area contributed by atoms with Crippen molar-refractivity contribution in [3.05, 3.63) is 0 Å². The minimum absolute atomic E-state index is 0. The Kier molecular flexibility index (Phi) is 104. The van der Waals surface area contributed by atoms with Crippen LogP contribution < -0.4 is 0 Å². The van der Waals surface area contributed by atoms with Gasteiger partial charge in [-0.3, -0.25) is 0 Å². The molecule has 3 nitrogen and oxygen atoms in total. The zero-order valence-corrected chi connectivity index (χ0v) is 8.01. The van der Waals surface area contributed by atoms with Crippen LogP contribution in [0.3, 0.4) is 0 Å². The van der Waals surface area contributed by atoms with Gasteiger partial charge >= 0.3 is 26.8 Å². The van der Waals surface area contributed by atoms with Gasteiger partial charge in [-0.15, -0.1) is 49.6 Å². The maximum absolute atomic E-state index is 8.67. The molecule has 0 rings (SSSR count). The molecule has 0 aromatic rings. The first-order valence-corrected chi connectivity index (χ1v) is 2.33. The van der Waals surface area contributed by atoms with E-state index in [-0.39, 0.29) is 49.6 Å². The van der Waals surface area contributed by atoms with E-state index in [4.69, 9.17) is 11.4 Å². The molecule has 0 heterocycles. The average molecular weight is 246 g/mol. The second kappa shape index (κ2) is 23.9. The van der Waals surface area contributed by atoms with Gasteiger partial charge in [0.05, 0.1) is 0 Å². The summed E-state index contributed by atoms with van der Waals surface area (Å²) in [5.41, 5.74) is 0. The SMILES string of the molecule is Cl.Cl.Cl.Cl.[O]=[V](=[O])[OH]. The molecule has 8 heteroatoms. The van der Waals surface area contributed by atoms with Gasteiger partial charge < -0.3 is 0 Å². The van der Waals surface area contributed by atoms with E-state index in [1.807, 2.05) is 0 Å². The van der Waals surface area contributed by atoms with E-state index in [1.54, 1.807) is 0 Å². The van der Waals surface area contributed by atoms with Gasteiger partial charge in [-0.2, -0.15) is 0 Å². The van der Waals surface area contributed by atoms with Gasteiger partial charge in [0.25, 0.3) is 0 Å². The third-order valence-electron chi connectivity index (χ3n) is 0. The summed E-state index contributed by atoms with van der Waals surface area (Å²) in [5, 5.41) is 0. The van der Waals surface area contributed by atoms with E-state index >= 15 is 0 Å². The van der Waals surface area contributed by atoms with Crippen LogP contribution in [0.4, 0.5) is 0 Å². The van der Waals surface area contributed by atoms with Crippen LogP contribution in [0.25, 0.3) is 0 Å². The molecular weight excluding hydrogens is 241 g/mol. The molecule has 0 saturated carbocycles. The predicted octanol–water partition coefficient (Wildman–Crippen LogP) is 0.890. The molecule has 0 unspecified atom stereocenters. The first-order chi connectivity index (χ1) is 1.73. The average Bonchev–Trinajstić information content (AvgIpc) is 0.811. The van der Waals surface area contributed by atoms with E-state index in [0.29, 0.717) is 0 Å². The summed E-state index contributed by atoms with van der Waals surface area (Å²) < 4.78 is 24.4. The summed E-state index contributed by atoms with van der Waals surface area (Å²) in [6.45, 7) is 0. The van der Waals surface area contributed by atoms with Crippen LogP contribution in [0, 0.1) is 0 Å². The van der Waals surface area contributed by atoms with Gasteiger partial charge in [-0.25, -0.2) is 0 Å². The maximum atomic E-state index is 8.67. The Hall–Kier alpha value is 1.30. The van der Waals surface area contributed by atoms with Crippen molar-refractivity contribution >= 4 is 49.6 Å². The quantitative estimate of drug-likeness (QED) is 0.690. The van der Waals surface area contributed by atoms with Crippen LogP contribution in [0.15, 0.2) is 0 Å². The zero-order valence-electron chi connectivity index (χ0n) is 3.34. The summed E-state index contributed by atoms with van der Waals surface area (Å²) in [4.78, 5) is 0. The number of halogens is 4. The van der Waals surface area contributed by atoms with E-state index in [0.717, 1.165) is 0 Å². The second-order valence-electron chi connectivity index (χ2n) is 0.238. The van der Waals surface area contributed by atoms with E-state index in [1.165, 1.54) is 0 Å². The summed E-state index contributed by atoms with van der Waals surface area (Å²) in [5.74, 6) is 0. The predicted molar refractivity (Wildman–Crippen MR) is 32.6 cm³/mol. The minimum atomic E-state index is -3.69. The number of hydrogen-bond donors (Lipinski definition) is 1. The van der Waals surface area contributed by atoms with Gasteiger partial charge in [-0.1, -0.05) is 0 Å². The first-order valence-electron chi connectivity index (χ1n) is 0.565. The van der Waals surface area contributed by atoms with Crippen LogP contribution in [-0.4, -0.2) is 4.03 Å². The van der Waals surface area contributed by atoms with Gasteiger partial charge in [0.15, 0.2) is 0 Å².